The Labute approximate surface area is 120 Å². The number of amides is 1. The molecule has 108 valence electrons. The smallest absolute Gasteiger partial charge is 0.261 e. The van der Waals surface area contributed by atoms with Crippen LogP contribution in [-0.2, 0) is 0 Å². The first-order valence-electron chi connectivity index (χ1n) is 6.96. The van der Waals surface area contributed by atoms with Gasteiger partial charge in [-0.15, -0.1) is 11.3 Å². The minimum absolute atomic E-state index is 0.0153. The number of carbonyl (C=O) groups excluding carboxylic acids is 1. The molecule has 0 radical (unpaired) electrons. The van der Waals surface area contributed by atoms with Gasteiger partial charge in [0.25, 0.3) is 5.91 Å². The average Bonchev–Trinajstić information content (AvgIpc) is 2.90. The van der Waals surface area contributed by atoms with E-state index in [1.54, 1.807) is 0 Å². The maximum atomic E-state index is 12.2. The van der Waals surface area contributed by atoms with Gasteiger partial charge in [0.2, 0.25) is 0 Å². The van der Waals surface area contributed by atoms with E-state index in [0.29, 0.717) is 12.5 Å². The van der Waals surface area contributed by atoms with E-state index in [4.69, 9.17) is 0 Å². The highest BCUT2D eigenvalue weighted by molar-refractivity contribution is 7.12. The normalized spacial score (nSPS) is 11.9. The van der Waals surface area contributed by atoms with Crippen LogP contribution in [0.15, 0.2) is 11.4 Å². The van der Waals surface area contributed by atoms with Crippen molar-refractivity contribution < 1.29 is 9.90 Å². The van der Waals surface area contributed by atoms with E-state index in [2.05, 4.69) is 33.0 Å². The third-order valence-corrected chi connectivity index (χ3v) is 4.91. The summed E-state index contributed by atoms with van der Waals surface area (Å²) in [6.45, 7) is 8.93. The third kappa shape index (κ3) is 3.80. The zero-order chi connectivity index (χ0) is 14.5. The van der Waals surface area contributed by atoms with Crippen molar-refractivity contribution in [3.63, 3.8) is 0 Å². The van der Waals surface area contributed by atoms with E-state index in [9.17, 15) is 9.90 Å². The first-order chi connectivity index (χ1) is 8.99. The van der Waals surface area contributed by atoms with Crippen LogP contribution in [0.1, 0.15) is 61.7 Å². The summed E-state index contributed by atoms with van der Waals surface area (Å²) in [6.07, 6.45) is 1.73. The molecule has 0 aliphatic heterocycles. The molecule has 0 aromatic carbocycles. The molecule has 3 nitrogen and oxygen atoms in total. The molecule has 0 aliphatic rings. The van der Waals surface area contributed by atoms with Crippen LogP contribution in [-0.4, -0.2) is 24.2 Å². The molecule has 1 aromatic heterocycles. The van der Waals surface area contributed by atoms with Crippen LogP contribution in [0.4, 0.5) is 0 Å². The van der Waals surface area contributed by atoms with Gasteiger partial charge in [-0.05, 0) is 35.8 Å². The zero-order valence-corrected chi connectivity index (χ0v) is 13.1. The van der Waals surface area contributed by atoms with E-state index in [1.807, 2.05) is 11.4 Å². The molecule has 0 bridgehead atoms. The summed E-state index contributed by atoms with van der Waals surface area (Å²) in [5.74, 6) is 0.338. The molecule has 0 atom stereocenters. The number of hydrogen-bond donors (Lipinski definition) is 2. The highest BCUT2D eigenvalue weighted by atomic mass is 32.1. The first kappa shape index (κ1) is 16.2. The van der Waals surface area contributed by atoms with Crippen molar-refractivity contribution in [2.45, 2.75) is 46.5 Å². The fraction of sp³-hybridized carbons (Fsp3) is 0.667. The Morgan fingerprint density at radius 1 is 1.42 bits per heavy atom. The Morgan fingerprint density at radius 3 is 2.53 bits per heavy atom. The Bertz CT molecular complexity index is 400. The second kappa shape index (κ2) is 7.06. The van der Waals surface area contributed by atoms with Crippen molar-refractivity contribution in [3.05, 3.63) is 21.9 Å². The molecule has 0 unspecified atom stereocenters. The fourth-order valence-electron chi connectivity index (χ4n) is 2.09. The van der Waals surface area contributed by atoms with Crippen LogP contribution in [0, 0.1) is 5.41 Å². The average molecular weight is 283 g/mol. The monoisotopic (exact) mass is 283 g/mol. The molecule has 0 spiro atoms. The lowest BCUT2D eigenvalue weighted by molar-refractivity contribution is 0.0853. The van der Waals surface area contributed by atoms with Crippen LogP contribution < -0.4 is 5.32 Å². The quantitative estimate of drug-likeness (QED) is 0.805. The molecule has 0 saturated carbocycles. The van der Waals surface area contributed by atoms with Gasteiger partial charge in [0.1, 0.15) is 0 Å². The third-order valence-electron chi connectivity index (χ3n) is 3.98. The van der Waals surface area contributed by atoms with Crippen LogP contribution in [0.25, 0.3) is 0 Å². The standard InChI is InChI=1S/C15H25NO2S/c1-5-15(6-2,10-17)9-16-14(18)13-12(11(3)4)7-8-19-13/h7-8,11,17H,5-6,9-10H2,1-4H3,(H,16,18). The van der Waals surface area contributed by atoms with E-state index >= 15 is 0 Å². The lowest BCUT2D eigenvalue weighted by atomic mass is 9.83. The molecule has 4 heteroatoms. The highest BCUT2D eigenvalue weighted by Crippen LogP contribution is 2.27. The summed E-state index contributed by atoms with van der Waals surface area (Å²) in [4.78, 5) is 13.0. The van der Waals surface area contributed by atoms with Crippen LogP contribution in [0.2, 0.25) is 0 Å². The molecule has 0 saturated heterocycles. The molecule has 19 heavy (non-hydrogen) atoms. The molecule has 0 fully saturated rings. The molecular weight excluding hydrogens is 258 g/mol. The van der Waals surface area contributed by atoms with Gasteiger partial charge in [-0.1, -0.05) is 27.7 Å². The predicted octanol–water partition coefficient (Wildman–Crippen LogP) is 3.40. The fourth-order valence-corrected chi connectivity index (χ4v) is 3.06. The summed E-state index contributed by atoms with van der Waals surface area (Å²) >= 11 is 1.48. The van der Waals surface area contributed by atoms with Crippen molar-refractivity contribution in [2.24, 2.45) is 5.41 Å². The van der Waals surface area contributed by atoms with E-state index < -0.39 is 0 Å². The lowest BCUT2D eigenvalue weighted by Gasteiger charge is -2.29. The summed E-state index contributed by atoms with van der Waals surface area (Å²) in [5.41, 5.74) is 0.912. The Balaban J connectivity index is 2.72. The van der Waals surface area contributed by atoms with Gasteiger partial charge in [0, 0.05) is 12.0 Å². The lowest BCUT2D eigenvalue weighted by Crippen LogP contribution is -2.39. The summed E-state index contributed by atoms with van der Waals surface area (Å²) in [5, 5.41) is 14.5. The minimum Gasteiger partial charge on any atom is -0.396 e. The van der Waals surface area contributed by atoms with Gasteiger partial charge < -0.3 is 10.4 Å². The SMILES string of the molecule is CCC(CC)(CO)CNC(=O)c1sccc1C(C)C. The molecule has 0 aliphatic carbocycles. The van der Waals surface area contributed by atoms with Gasteiger partial charge in [-0.25, -0.2) is 0 Å². The Hall–Kier alpha value is -0.870. The van der Waals surface area contributed by atoms with Crippen molar-refractivity contribution in [2.75, 3.05) is 13.2 Å². The van der Waals surface area contributed by atoms with E-state index in [0.717, 1.165) is 23.3 Å². The van der Waals surface area contributed by atoms with Crippen LogP contribution in [0.5, 0.6) is 0 Å². The molecule has 1 aromatic rings. The summed E-state index contributed by atoms with van der Waals surface area (Å²) in [6, 6.07) is 2.02. The Kier molecular flexibility index (Phi) is 6.01. The first-order valence-corrected chi connectivity index (χ1v) is 7.84. The number of rotatable bonds is 7. The van der Waals surface area contributed by atoms with E-state index in [1.165, 1.54) is 11.3 Å². The number of carbonyl (C=O) groups is 1. The Morgan fingerprint density at radius 2 is 2.05 bits per heavy atom. The maximum absolute atomic E-state index is 12.2. The van der Waals surface area contributed by atoms with Crippen molar-refractivity contribution >= 4 is 17.2 Å². The van der Waals surface area contributed by atoms with Gasteiger partial charge >= 0.3 is 0 Å². The van der Waals surface area contributed by atoms with Gasteiger partial charge in [0.15, 0.2) is 0 Å². The largest absolute Gasteiger partial charge is 0.396 e. The molecule has 1 heterocycles. The van der Waals surface area contributed by atoms with Crippen molar-refractivity contribution in [1.29, 1.82) is 0 Å². The summed E-state index contributed by atoms with van der Waals surface area (Å²) < 4.78 is 0. The number of aliphatic hydroxyl groups is 1. The van der Waals surface area contributed by atoms with Crippen molar-refractivity contribution in [1.82, 2.24) is 5.32 Å². The molecular formula is C15H25NO2S. The second-order valence-corrected chi connectivity index (χ2v) is 6.32. The number of thiophene rings is 1. The second-order valence-electron chi connectivity index (χ2n) is 5.41. The van der Waals surface area contributed by atoms with Gasteiger partial charge in [0.05, 0.1) is 11.5 Å². The maximum Gasteiger partial charge on any atom is 0.261 e. The zero-order valence-electron chi connectivity index (χ0n) is 12.3. The van der Waals surface area contributed by atoms with Gasteiger partial charge in [-0.2, -0.15) is 0 Å². The van der Waals surface area contributed by atoms with Crippen molar-refractivity contribution in [3.8, 4) is 0 Å². The van der Waals surface area contributed by atoms with Crippen LogP contribution >= 0.6 is 11.3 Å². The molecule has 1 rings (SSSR count). The number of nitrogens with one attached hydrogen (secondary N) is 1. The summed E-state index contributed by atoms with van der Waals surface area (Å²) in [7, 11) is 0. The number of aliphatic hydroxyl groups excluding tert-OH is 1. The van der Waals surface area contributed by atoms with E-state index in [-0.39, 0.29) is 17.9 Å². The molecule has 2 N–H and O–H groups in total. The highest BCUT2D eigenvalue weighted by Gasteiger charge is 2.26. The van der Waals surface area contributed by atoms with Gasteiger partial charge in [-0.3, -0.25) is 4.79 Å². The minimum atomic E-state index is -0.190. The molecule has 1 amide bonds. The predicted molar refractivity (Wildman–Crippen MR) is 80.8 cm³/mol. The number of hydrogen-bond acceptors (Lipinski definition) is 3. The van der Waals surface area contributed by atoms with Crippen LogP contribution in [0.3, 0.4) is 0 Å². The topological polar surface area (TPSA) is 49.3 Å².